The maximum Gasteiger partial charge on any atom is 0.309 e. The minimum Gasteiger partial charge on any atom is -0.391 e. The van der Waals surface area contributed by atoms with Gasteiger partial charge in [-0.3, -0.25) is 9.59 Å². The molecule has 0 aromatic rings. The third kappa shape index (κ3) is 3.67. The van der Waals surface area contributed by atoms with Crippen molar-refractivity contribution in [2.75, 3.05) is 19.8 Å². The van der Waals surface area contributed by atoms with Crippen LogP contribution < -0.4 is 10.6 Å². The number of aliphatic hydroxyl groups is 1. The lowest BCUT2D eigenvalue weighted by molar-refractivity contribution is -0.141. The predicted molar refractivity (Wildman–Crippen MR) is 59.1 cm³/mol. The van der Waals surface area contributed by atoms with Crippen molar-refractivity contribution in [1.82, 2.24) is 10.6 Å². The summed E-state index contributed by atoms with van der Waals surface area (Å²) in [4.78, 5) is 22.9. The van der Waals surface area contributed by atoms with Crippen LogP contribution in [0.15, 0.2) is 0 Å². The van der Waals surface area contributed by atoms with E-state index in [2.05, 4.69) is 10.6 Å². The smallest absolute Gasteiger partial charge is 0.309 e. The van der Waals surface area contributed by atoms with E-state index in [0.29, 0.717) is 25.5 Å². The molecule has 1 saturated heterocycles. The first-order valence-electron chi connectivity index (χ1n) is 6.01. The van der Waals surface area contributed by atoms with Gasteiger partial charge in [-0.05, 0) is 25.2 Å². The molecule has 2 atom stereocenters. The van der Waals surface area contributed by atoms with Crippen molar-refractivity contribution in [3.05, 3.63) is 0 Å². The van der Waals surface area contributed by atoms with Crippen LogP contribution in [0.25, 0.3) is 0 Å². The monoisotopic (exact) mass is 242 g/mol. The number of amides is 2. The molecule has 2 unspecified atom stereocenters. The van der Waals surface area contributed by atoms with E-state index in [0.717, 1.165) is 12.8 Å². The van der Waals surface area contributed by atoms with E-state index < -0.39 is 24.0 Å². The van der Waals surface area contributed by atoms with Crippen LogP contribution in [-0.2, 0) is 14.3 Å². The highest BCUT2D eigenvalue weighted by atomic mass is 16.5. The molecule has 0 spiro atoms. The molecule has 6 heteroatoms. The Labute approximate surface area is 99.7 Å². The molecule has 0 aromatic carbocycles. The van der Waals surface area contributed by atoms with E-state index in [9.17, 15) is 14.7 Å². The maximum absolute atomic E-state index is 11.5. The molecule has 2 aliphatic rings. The van der Waals surface area contributed by atoms with Crippen LogP contribution in [0.4, 0.5) is 0 Å². The Bertz CT molecular complexity index is 304. The summed E-state index contributed by atoms with van der Waals surface area (Å²) in [6.07, 6.45) is 2.09. The number of aliphatic hydroxyl groups excluding tert-OH is 1. The number of rotatable bonds is 3. The largest absolute Gasteiger partial charge is 0.391 e. The van der Waals surface area contributed by atoms with Crippen molar-refractivity contribution in [2.45, 2.75) is 31.4 Å². The summed E-state index contributed by atoms with van der Waals surface area (Å²) in [5.41, 5.74) is 0. The molecule has 1 aliphatic carbocycles. The van der Waals surface area contributed by atoms with Gasteiger partial charge < -0.3 is 20.5 Å². The Morgan fingerprint density at radius 1 is 1.24 bits per heavy atom. The van der Waals surface area contributed by atoms with Crippen molar-refractivity contribution >= 4 is 11.8 Å². The minimum absolute atomic E-state index is 0.253. The Kier molecular flexibility index (Phi) is 3.96. The van der Waals surface area contributed by atoms with Crippen molar-refractivity contribution in [3.63, 3.8) is 0 Å². The average Bonchev–Trinajstić information content (AvgIpc) is 3.13. The Balaban J connectivity index is 1.72. The second kappa shape index (κ2) is 5.46. The topological polar surface area (TPSA) is 87.7 Å². The second-order valence-corrected chi connectivity index (χ2v) is 4.66. The number of hydrogen-bond acceptors (Lipinski definition) is 4. The summed E-state index contributed by atoms with van der Waals surface area (Å²) in [6, 6.07) is -0.483. The van der Waals surface area contributed by atoms with Crippen molar-refractivity contribution in [3.8, 4) is 0 Å². The molecule has 0 bridgehead atoms. The standard InChI is InChI=1S/C11H18N2O4/c14-9-3-4-17-6-8(9)13-11(16)10(15)12-5-7-1-2-7/h7-9,14H,1-6H2,(H,12,15)(H,13,16). The van der Waals surface area contributed by atoms with E-state index >= 15 is 0 Å². The van der Waals surface area contributed by atoms with Gasteiger partial charge in [0.05, 0.1) is 18.8 Å². The first-order chi connectivity index (χ1) is 8.16. The van der Waals surface area contributed by atoms with Gasteiger partial charge in [-0.1, -0.05) is 0 Å². The summed E-state index contributed by atoms with van der Waals surface area (Å²) < 4.78 is 5.13. The average molecular weight is 242 g/mol. The molecule has 0 aromatic heterocycles. The molecule has 17 heavy (non-hydrogen) atoms. The van der Waals surface area contributed by atoms with E-state index in [4.69, 9.17) is 4.74 Å². The number of carbonyl (C=O) groups is 2. The van der Waals surface area contributed by atoms with E-state index in [-0.39, 0.29) is 6.61 Å². The van der Waals surface area contributed by atoms with Gasteiger partial charge in [0.15, 0.2) is 0 Å². The molecule has 1 heterocycles. The van der Waals surface area contributed by atoms with Crippen LogP contribution in [0.5, 0.6) is 0 Å². The van der Waals surface area contributed by atoms with Crippen LogP contribution >= 0.6 is 0 Å². The molecule has 96 valence electrons. The molecule has 0 radical (unpaired) electrons. The summed E-state index contributed by atoms with van der Waals surface area (Å²) in [5, 5.41) is 14.7. The summed E-state index contributed by atoms with van der Waals surface area (Å²) >= 11 is 0. The zero-order valence-corrected chi connectivity index (χ0v) is 9.65. The molecular formula is C11H18N2O4. The Morgan fingerprint density at radius 3 is 2.65 bits per heavy atom. The van der Waals surface area contributed by atoms with Gasteiger partial charge in [0, 0.05) is 13.2 Å². The van der Waals surface area contributed by atoms with Crippen LogP contribution in [0, 0.1) is 5.92 Å². The first kappa shape index (κ1) is 12.3. The van der Waals surface area contributed by atoms with E-state index in [1.54, 1.807) is 0 Å². The quantitative estimate of drug-likeness (QED) is 0.541. The zero-order chi connectivity index (χ0) is 12.3. The predicted octanol–water partition coefficient (Wildman–Crippen LogP) is -1.22. The van der Waals surface area contributed by atoms with Crippen molar-refractivity contribution in [1.29, 1.82) is 0 Å². The zero-order valence-electron chi connectivity index (χ0n) is 9.65. The van der Waals surface area contributed by atoms with Crippen molar-refractivity contribution < 1.29 is 19.4 Å². The fraction of sp³-hybridized carbons (Fsp3) is 0.818. The van der Waals surface area contributed by atoms with Gasteiger partial charge in [-0.25, -0.2) is 0 Å². The van der Waals surface area contributed by atoms with Crippen molar-refractivity contribution in [2.24, 2.45) is 5.92 Å². The van der Waals surface area contributed by atoms with E-state index in [1.165, 1.54) is 0 Å². The summed E-state index contributed by atoms with van der Waals surface area (Å²) in [6.45, 7) is 1.31. The lowest BCUT2D eigenvalue weighted by Gasteiger charge is -2.28. The lowest BCUT2D eigenvalue weighted by Crippen LogP contribution is -2.53. The highest BCUT2D eigenvalue weighted by Crippen LogP contribution is 2.27. The van der Waals surface area contributed by atoms with Gasteiger partial charge in [0.25, 0.3) is 0 Å². The molecule has 1 saturated carbocycles. The molecule has 2 fully saturated rings. The van der Waals surface area contributed by atoms with E-state index in [1.807, 2.05) is 0 Å². The summed E-state index contributed by atoms with van der Waals surface area (Å²) in [7, 11) is 0. The highest BCUT2D eigenvalue weighted by Gasteiger charge is 2.28. The highest BCUT2D eigenvalue weighted by molar-refractivity contribution is 6.35. The number of carbonyl (C=O) groups excluding carboxylic acids is 2. The Morgan fingerprint density at radius 2 is 2.00 bits per heavy atom. The number of nitrogens with one attached hydrogen (secondary N) is 2. The molecular weight excluding hydrogens is 224 g/mol. The SMILES string of the molecule is O=C(NCC1CC1)C(=O)NC1COCCC1O. The molecule has 1 aliphatic heterocycles. The fourth-order valence-electron chi connectivity index (χ4n) is 1.74. The van der Waals surface area contributed by atoms with Crippen LogP contribution in [-0.4, -0.2) is 48.8 Å². The minimum atomic E-state index is -0.694. The number of ether oxygens (including phenoxy) is 1. The van der Waals surface area contributed by atoms with Gasteiger partial charge in [-0.15, -0.1) is 0 Å². The van der Waals surface area contributed by atoms with Gasteiger partial charge >= 0.3 is 11.8 Å². The van der Waals surface area contributed by atoms with Crippen LogP contribution in [0.3, 0.4) is 0 Å². The van der Waals surface area contributed by atoms with Gasteiger partial charge in [-0.2, -0.15) is 0 Å². The second-order valence-electron chi connectivity index (χ2n) is 4.66. The van der Waals surface area contributed by atoms with Gasteiger partial charge in [0.2, 0.25) is 0 Å². The third-order valence-electron chi connectivity index (χ3n) is 3.09. The lowest BCUT2D eigenvalue weighted by atomic mass is 10.1. The normalized spacial score (nSPS) is 28.5. The molecule has 2 amide bonds. The third-order valence-corrected chi connectivity index (χ3v) is 3.09. The molecule has 2 rings (SSSR count). The first-order valence-corrected chi connectivity index (χ1v) is 6.01. The Hall–Kier alpha value is -1.14. The van der Waals surface area contributed by atoms with Crippen LogP contribution in [0.2, 0.25) is 0 Å². The van der Waals surface area contributed by atoms with Crippen LogP contribution in [0.1, 0.15) is 19.3 Å². The maximum atomic E-state index is 11.5. The molecule has 6 nitrogen and oxygen atoms in total. The molecule has 3 N–H and O–H groups in total. The summed E-state index contributed by atoms with van der Waals surface area (Å²) in [5.74, 6) is -0.787. The van der Waals surface area contributed by atoms with Gasteiger partial charge in [0.1, 0.15) is 0 Å². The number of hydrogen-bond donors (Lipinski definition) is 3. The fourth-order valence-corrected chi connectivity index (χ4v) is 1.74.